The number of aromatic nitrogens is 2. The van der Waals surface area contributed by atoms with Crippen molar-refractivity contribution in [2.24, 2.45) is 0 Å². The molecule has 0 radical (unpaired) electrons. The number of hydrogen-bond acceptors (Lipinski definition) is 5. The first-order chi connectivity index (χ1) is 8.15. The lowest BCUT2D eigenvalue weighted by Crippen LogP contribution is -2.01. The average Bonchev–Trinajstić information content (AvgIpc) is 2.76. The Kier molecular flexibility index (Phi) is 3.39. The quantitative estimate of drug-likeness (QED) is 0.842. The van der Waals surface area contributed by atoms with E-state index in [-0.39, 0.29) is 11.9 Å². The highest BCUT2D eigenvalue weighted by molar-refractivity contribution is 5.55. The molecule has 5 nitrogen and oxygen atoms in total. The Hall–Kier alpha value is -1.88. The molecule has 0 aliphatic heterocycles. The lowest BCUT2D eigenvalue weighted by atomic mass is 10.2. The molecule has 0 spiro atoms. The third-order valence-corrected chi connectivity index (χ3v) is 2.37. The third-order valence-electron chi connectivity index (χ3n) is 2.37. The van der Waals surface area contributed by atoms with Crippen LogP contribution >= 0.6 is 0 Å². The van der Waals surface area contributed by atoms with Gasteiger partial charge in [0.2, 0.25) is 11.7 Å². The summed E-state index contributed by atoms with van der Waals surface area (Å²) in [5, 5.41) is 22.2. The number of phenolic OH excluding ortho intramolecular Hbond substituents is 1. The summed E-state index contributed by atoms with van der Waals surface area (Å²) in [6, 6.07) is 6.58. The van der Waals surface area contributed by atoms with E-state index < -0.39 is 0 Å². The Balaban J connectivity index is 2.10. The van der Waals surface area contributed by atoms with E-state index in [9.17, 15) is 0 Å². The highest BCUT2D eigenvalue weighted by atomic mass is 16.5. The van der Waals surface area contributed by atoms with Crippen LogP contribution in [-0.2, 0) is 6.42 Å². The summed E-state index contributed by atoms with van der Waals surface area (Å²) in [5.74, 6) is 1.20. The standard InChI is InChI=1S/C12H14N2O3/c1-8(15)2-7-11-13-12(14-17-11)9-3-5-10(16)6-4-9/h3-6,8,15-16H,2,7H2,1H3. The van der Waals surface area contributed by atoms with E-state index in [1.54, 1.807) is 31.2 Å². The zero-order chi connectivity index (χ0) is 12.3. The second-order valence-corrected chi connectivity index (χ2v) is 3.95. The molecule has 0 bridgehead atoms. The van der Waals surface area contributed by atoms with Crippen LogP contribution in [0.1, 0.15) is 19.2 Å². The number of aliphatic hydroxyl groups excluding tert-OH is 1. The van der Waals surface area contributed by atoms with Crippen molar-refractivity contribution < 1.29 is 14.7 Å². The number of phenols is 1. The van der Waals surface area contributed by atoms with Gasteiger partial charge in [-0.3, -0.25) is 0 Å². The van der Waals surface area contributed by atoms with Crippen molar-refractivity contribution in [3.8, 4) is 17.1 Å². The van der Waals surface area contributed by atoms with Crippen LogP contribution in [0.3, 0.4) is 0 Å². The van der Waals surface area contributed by atoms with E-state index in [0.29, 0.717) is 24.6 Å². The van der Waals surface area contributed by atoms with Gasteiger partial charge in [0.05, 0.1) is 6.10 Å². The molecule has 0 aliphatic rings. The number of rotatable bonds is 4. The zero-order valence-corrected chi connectivity index (χ0v) is 9.50. The largest absolute Gasteiger partial charge is 0.508 e. The maximum absolute atomic E-state index is 9.16. The summed E-state index contributed by atoms with van der Waals surface area (Å²) in [4.78, 5) is 4.21. The minimum Gasteiger partial charge on any atom is -0.508 e. The van der Waals surface area contributed by atoms with Crippen LogP contribution < -0.4 is 0 Å². The van der Waals surface area contributed by atoms with E-state index in [0.717, 1.165) is 5.56 Å². The molecule has 0 saturated carbocycles. The Morgan fingerprint density at radius 1 is 1.29 bits per heavy atom. The number of aryl methyl sites for hydroxylation is 1. The molecule has 2 aromatic rings. The first kappa shape index (κ1) is 11.6. The number of aromatic hydroxyl groups is 1. The van der Waals surface area contributed by atoms with Crippen LogP contribution in [0.4, 0.5) is 0 Å². The lowest BCUT2D eigenvalue weighted by Gasteiger charge is -1.98. The smallest absolute Gasteiger partial charge is 0.227 e. The van der Waals surface area contributed by atoms with Crippen molar-refractivity contribution in [3.63, 3.8) is 0 Å². The van der Waals surface area contributed by atoms with Crippen molar-refractivity contribution >= 4 is 0 Å². The minimum atomic E-state index is -0.376. The van der Waals surface area contributed by atoms with Gasteiger partial charge in [0.25, 0.3) is 0 Å². The van der Waals surface area contributed by atoms with Crippen LogP contribution in [0.15, 0.2) is 28.8 Å². The number of nitrogens with zero attached hydrogens (tertiary/aromatic N) is 2. The highest BCUT2D eigenvalue weighted by Crippen LogP contribution is 2.19. The molecule has 90 valence electrons. The van der Waals surface area contributed by atoms with Gasteiger partial charge in [-0.25, -0.2) is 0 Å². The summed E-state index contributed by atoms with van der Waals surface area (Å²) >= 11 is 0. The Morgan fingerprint density at radius 2 is 2.00 bits per heavy atom. The molecule has 2 N–H and O–H groups in total. The lowest BCUT2D eigenvalue weighted by molar-refractivity contribution is 0.180. The molecule has 1 unspecified atom stereocenters. The topological polar surface area (TPSA) is 79.4 Å². The third kappa shape index (κ3) is 3.04. The van der Waals surface area contributed by atoms with Gasteiger partial charge in [0, 0.05) is 12.0 Å². The summed E-state index contributed by atoms with van der Waals surface area (Å²) in [7, 11) is 0. The first-order valence-corrected chi connectivity index (χ1v) is 5.45. The van der Waals surface area contributed by atoms with Crippen molar-refractivity contribution in [3.05, 3.63) is 30.2 Å². The summed E-state index contributed by atoms with van der Waals surface area (Å²) in [6.45, 7) is 1.72. The number of hydrogen-bond donors (Lipinski definition) is 2. The molecular formula is C12H14N2O3. The van der Waals surface area contributed by atoms with E-state index in [2.05, 4.69) is 10.1 Å². The van der Waals surface area contributed by atoms with Gasteiger partial charge in [0.15, 0.2) is 0 Å². The van der Waals surface area contributed by atoms with Gasteiger partial charge in [-0.2, -0.15) is 4.98 Å². The zero-order valence-electron chi connectivity index (χ0n) is 9.50. The van der Waals surface area contributed by atoms with Crippen molar-refractivity contribution in [1.82, 2.24) is 10.1 Å². The first-order valence-electron chi connectivity index (χ1n) is 5.45. The molecule has 1 heterocycles. The molecule has 5 heteroatoms. The Morgan fingerprint density at radius 3 is 2.65 bits per heavy atom. The van der Waals surface area contributed by atoms with E-state index in [1.165, 1.54) is 0 Å². The highest BCUT2D eigenvalue weighted by Gasteiger charge is 2.09. The summed E-state index contributed by atoms with van der Waals surface area (Å²) < 4.78 is 5.06. The fourth-order valence-corrected chi connectivity index (χ4v) is 1.42. The van der Waals surface area contributed by atoms with Crippen LogP contribution in [0, 0.1) is 0 Å². The van der Waals surface area contributed by atoms with Gasteiger partial charge < -0.3 is 14.7 Å². The minimum absolute atomic E-state index is 0.201. The van der Waals surface area contributed by atoms with Gasteiger partial charge in [-0.05, 0) is 37.6 Å². The van der Waals surface area contributed by atoms with Crippen molar-refractivity contribution in [2.45, 2.75) is 25.9 Å². The van der Waals surface area contributed by atoms with Crippen LogP contribution in [0.2, 0.25) is 0 Å². The van der Waals surface area contributed by atoms with E-state index in [1.807, 2.05) is 0 Å². The van der Waals surface area contributed by atoms with Crippen LogP contribution in [0.5, 0.6) is 5.75 Å². The van der Waals surface area contributed by atoms with E-state index in [4.69, 9.17) is 14.7 Å². The fraction of sp³-hybridized carbons (Fsp3) is 0.333. The molecule has 17 heavy (non-hydrogen) atoms. The second kappa shape index (κ2) is 4.97. The molecule has 2 rings (SSSR count). The van der Waals surface area contributed by atoms with Gasteiger partial charge >= 0.3 is 0 Å². The molecule has 0 saturated heterocycles. The maximum Gasteiger partial charge on any atom is 0.227 e. The molecule has 0 fully saturated rings. The molecule has 1 aromatic heterocycles. The van der Waals surface area contributed by atoms with Crippen LogP contribution in [0.25, 0.3) is 11.4 Å². The average molecular weight is 234 g/mol. The van der Waals surface area contributed by atoms with Crippen LogP contribution in [-0.4, -0.2) is 26.5 Å². The van der Waals surface area contributed by atoms with Crippen molar-refractivity contribution in [1.29, 1.82) is 0 Å². The summed E-state index contributed by atoms with van der Waals surface area (Å²) in [5.41, 5.74) is 0.787. The normalized spacial score (nSPS) is 12.6. The number of aliphatic hydroxyl groups is 1. The SMILES string of the molecule is CC(O)CCc1nc(-c2ccc(O)cc2)no1. The maximum atomic E-state index is 9.16. The second-order valence-electron chi connectivity index (χ2n) is 3.95. The van der Waals surface area contributed by atoms with Gasteiger partial charge in [0.1, 0.15) is 5.75 Å². The molecule has 1 aromatic carbocycles. The molecule has 0 aliphatic carbocycles. The Labute approximate surface area is 98.7 Å². The van der Waals surface area contributed by atoms with Crippen molar-refractivity contribution in [2.75, 3.05) is 0 Å². The Bertz CT molecular complexity index is 477. The number of benzene rings is 1. The molecule has 1 atom stereocenters. The fourth-order valence-electron chi connectivity index (χ4n) is 1.42. The van der Waals surface area contributed by atoms with Gasteiger partial charge in [-0.15, -0.1) is 0 Å². The molecule has 0 amide bonds. The van der Waals surface area contributed by atoms with Gasteiger partial charge in [-0.1, -0.05) is 5.16 Å². The predicted octanol–water partition coefficient (Wildman–Crippen LogP) is 1.76. The predicted molar refractivity (Wildman–Crippen MR) is 61.4 cm³/mol. The molecular weight excluding hydrogens is 220 g/mol. The monoisotopic (exact) mass is 234 g/mol. The summed E-state index contributed by atoms with van der Waals surface area (Å²) in [6.07, 6.45) is 0.777. The van der Waals surface area contributed by atoms with E-state index >= 15 is 0 Å².